The Morgan fingerprint density at radius 2 is 1.62 bits per heavy atom. The lowest BCUT2D eigenvalue weighted by Crippen LogP contribution is -1.99. The molecule has 1 N–H and O–H groups in total. The van der Waals surface area contributed by atoms with Crippen LogP contribution < -0.4 is 0 Å². The first kappa shape index (κ1) is 17.3. The Bertz CT molecular complexity index is 463. The van der Waals surface area contributed by atoms with Crippen LogP contribution in [0.2, 0.25) is 0 Å². The third kappa shape index (κ3) is 8.92. The number of hydrogen-bond acceptors (Lipinski definition) is 1. The first-order valence-corrected chi connectivity index (χ1v) is 8.02. The standard InChI is InChI=1S/C19H26O2/c1-2-3-4-5-6-7-8-9-10-11-17-12-14-18(15-13-17)16-19(20)21/h12-15H,2-9,16H2,1H3,(H,20,21). The van der Waals surface area contributed by atoms with Gasteiger partial charge in [-0.2, -0.15) is 0 Å². The molecule has 0 spiro atoms. The topological polar surface area (TPSA) is 37.3 Å². The monoisotopic (exact) mass is 286 g/mol. The van der Waals surface area contributed by atoms with Crippen molar-refractivity contribution in [1.29, 1.82) is 0 Å². The number of rotatable bonds is 9. The summed E-state index contributed by atoms with van der Waals surface area (Å²) in [5.74, 6) is 5.54. The third-order valence-corrected chi connectivity index (χ3v) is 3.45. The lowest BCUT2D eigenvalue weighted by molar-refractivity contribution is -0.136. The van der Waals surface area contributed by atoms with Crippen LogP contribution in [0.25, 0.3) is 0 Å². The van der Waals surface area contributed by atoms with Crippen molar-refractivity contribution in [3.05, 3.63) is 35.4 Å². The molecule has 0 aromatic heterocycles. The first-order valence-electron chi connectivity index (χ1n) is 8.02. The maximum atomic E-state index is 10.6. The van der Waals surface area contributed by atoms with Gasteiger partial charge in [0.05, 0.1) is 6.42 Å². The summed E-state index contributed by atoms with van der Waals surface area (Å²) in [6, 6.07) is 7.48. The van der Waals surface area contributed by atoms with Gasteiger partial charge in [0, 0.05) is 12.0 Å². The van der Waals surface area contributed by atoms with E-state index in [1.807, 2.05) is 24.3 Å². The van der Waals surface area contributed by atoms with Gasteiger partial charge in [-0.05, 0) is 24.1 Å². The fourth-order valence-electron chi connectivity index (χ4n) is 2.22. The third-order valence-electron chi connectivity index (χ3n) is 3.45. The number of carboxylic acids is 1. The van der Waals surface area contributed by atoms with Crippen LogP contribution in [0.1, 0.15) is 69.4 Å². The predicted octanol–water partition coefficient (Wildman–Crippen LogP) is 4.81. The Kier molecular flexibility index (Phi) is 9.04. The van der Waals surface area contributed by atoms with Crippen LogP contribution in [0.3, 0.4) is 0 Å². The van der Waals surface area contributed by atoms with Crippen LogP contribution in [0, 0.1) is 11.8 Å². The lowest BCUT2D eigenvalue weighted by Gasteiger charge is -1.98. The van der Waals surface area contributed by atoms with Crippen LogP contribution in [-0.4, -0.2) is 11.1 Å². The van der Waals surface area contributed by atoms with Crippen molar-refractivity contribution in [1.82, 2.24) is 0 Å². The maximum Gasteiger partial charge on any atom is 0.307 e. The van der Waals surface area contributed by atoms with Crippen LogP contribution in [0.15, 0.2) is 24.3 Å². The quantitative estimate of drug-likeness (QED) is 0.522. The Morgan fingerprint density at radius 3 is 2.24 bits per heavy atom. The fourth-order valence-corrected chi connectivity index (χ4v) is 2.22. The SMILES string of the molecule is CCCCCCCCCC#Cc1ccc(CC(=O)O)cc1. The molecule has 0 unspecified atom stereocenters. The molecule has 0 fully saturated rings. The zero-order valence-corrected chi connectivity index (χ0v) is 13.0. The molecule has 1 aromatic carbocycles. The second kappa shape index (κ2) is 11.0. The van der Waals surface area contributed by atoms with Crippen LogP contribution in [-0.2, 0) is 11.2 Å². The van der Waals surface area contributed by atoms with Crippen molar-refractivity contribution in [2.24, 2.45) is 0 Å². The molecule has 0 aliphatic carbocycles. The average Bonchev–Trinajstić information content (AvgIpc) is 2.47. The zero-order chi connectivity index (χ0) is 15.3. The van der Waals surface area contributed by atoms with Gasteiger partial charge in [-0.25, -0.2) is 0 Å². The molecular weight excluding hydrogens is 260 g/mol. The second-order valence-corrected chi connectivity index (χ2v) is 5.44. The van der Waals surface area contributed by atoms with E-state index in [0.29, 0.717) is 0 Å². The highest BCUT2D eigenvalue weighted by Gasteiger charge is 1.98. The van der Waals surface area contributed by atoms with Crippen molar-refractivity contribution < 1.29 is 9.90 Å². The molecule has 2 nitrogen and oxygen atoms in total. The molecule has 0 bridgehead atoms. The molecule has 0 amide bonds. The summed E-state index contributed by atoms with van der Waals surface area (Å²) >= 11 is 0. The van der Waals surface area contributed by atoms with E-state index in [1.165, 1.54) is 44.9 Å². The Hall–Kier alpha value is -1.75. The summed E-state index contributed by atoms with van der Waals surface area (Å²) in [6.45, 7) is 2.24. The first-order chi connectivity index (χ1) is 10.2. The predicted molar refractivity (Wildman–Crippen MR) is 87.3 cm³/mol. The van der Waals surface area contributed by atoms with Gasteiger partial charge in [0.1, 0.15) is 0 Å². The maximum absolute atomic E-state index is 10.6. The highest BCUT2D eigenvalue weighted by Crippen LogP contribution is 2.08. The largest absolute Gasteiger partial charge is 0.481 e. The number of hydrogen-bond donors (Lipinski definition) is 1. The minimum Gasteiger partial charge on any atom is -0.481 e. The summed E-state index contributed by atoms with van der Waals surface area (Å²) in [5, 5.41) is 8.70. The van der Waals surface area contributed by atoms with Crippen molar-refractivity contribution in [2.45, 2.75) is 64.7 Å². The van der Waals surface area contributed by atoms with E-state index >= 15 is 0 Å². The molecular formula is C19H26O2. The van der Waals surface area contributed by atoms with Crippen LogP contribution >= 0.6 is 0 Å². The van der Waals surface area contributed by atoms with E-state index in [-0.39, 0.29) is 6.42 Å². The van der Waals surface area contributed by atoms with E-state index in [9.17, 15) is 4.79 Å². The van der Waals surface area contributed by atoms with Crippen LogP contribution in [0.4, 0.5) is 0 Å². The summed E-state index contributed by atoms with van der Waals surface area (Å²) < 4.78 is 0. The van der Waals surface area contributed by atoms with Gasteiger partial charge in [0.15, 0.2) is 0 Å². The normalized spacial score (nSPS) is 9.95. The number of unbranched alkanes of at least 4 members (excludes halogenated alkanes) is 7. The number of aliphatic carboxylic acids is 1. The van der Waals surface area contributed by atoms with E-state index in [2.05, 4.69) is 18.8 Å². The van der Waals surface area contributed by atoms with Gasteiger partial charge in [-0.1, -0.05) is 69.4 Å². The number of benzene rings is 1. The Balaban J connectivity index is 2.18. The van der Waals surface area contributed by atoms with Gasteiger partial charge in [0.2, 0.25) is 0 Å². The Morgan fingerprint density at radius 1 is 1.00 bits per heavy atom. The molecule has 1 aromatic rings. The van der Waals surface area contributed by atoms with Gasteiger partial charge in [-0.15, -0.1) is 0 Å². The zero-order valence-electron chi connectivity index (χ0n) is 13.0. The summed E-state index contributed by atoms with van der Waals surface area (Å²) in [6.07, 6.45) is 10.2. The molecule has 114 valence electrons. The molecule has 2 heteroatoms. The van der Waals surface area contributed by atoms with E-state index in [1.54, 1.807) is 0 Å². The van der Waals surface area contributed by atoms with Crippen molar-refractivity contribution in [3.8, 4) is 11.8 Å². The molecule has 21 heavy (non-hydrogen) atoms. The summed E-state index contributed by atoms with van der Waals surface area (Å²) in [5.41, 5.74) is 1.78. The number of carbonyl (C=O) groups is 1. The minimum atomic E-state index is -0.798. The molecule has 0 heterocycles. The van der Waals surface area contributed by atoms with Gasteiger partial charge >= 0.3 is 5.97 Å². The van der Waals surface area contributed by atoms with Crippen molar-refractivity contribution >= 4 is 5.97 Å². The van der Waals surface area contributed by atoms with Gasteiger partial charge in [0.25, 0.3) is 0 Å². The summed E-state index contributed by atoms with van der Waals surface area (Å²) in [7, 11) is 0. The van der Waals surface area contributed by atoms with Crippen molar-refractivity contribution in [3.63, 3.8) is 0 Å². The van der Waals surface area contributed by atoms with E-state index in [0.717, 1.165) is 17.5 Å². The van der Waals surface area contributed by atoms with Gasteiger partial charge < -0.3 is 5.11 Å². The molecule has 0 radical (unpaired) electrons. The average molecular weight is 286 g/mol. The molecule has 0 saturated heterocycles. The van der Waals surface area contributed by atoms with Crippen molar-refractivity contribution in [2.75, 3.05) is 0 Å². The molecule has 1 rings (SSSR count). The van der Waals surface area contributed by atoms with Crippen LogP contribution in [0.5, 0.6) is 0 Å². The second-order valence-electron chi connectivity index (χ2n) is 5.44. The smallest absolute Gasteiger partial charge is 0.307 e. The summed E-state index contributed by atoms with van der Waals surface area (Å²) in [4.78, 5) is 10.6. The van der Waals surface area contributed by atoms with E-state index < -0.39 is 5.97 Å². The fraction of sp³-hybridized carbons (Fsp3) is 0.526. The van der Waals surface area contributed by atoms with E-state index in [4.69, 9.17) is 5.11 Å². The number of carboxylic acid groups (broad SMARTS) is 1. The Labute approximate surface area is 128 Å². The highest BCUT2D eigenvalue weighted by molar-refractivity contribution is 5.70. The molecule has 0 saturated carbocycles. The molecule has 0 aliphatic rings. The minimum absolute atomic E-state index is 0.0751. The lowest BCUT2D eigenvalue weighted by atomic mass is 10.1. The highest BCUT2D eigenvalue weighted by atomic mass is 16.4. The molecule has 0 atom stereocenters. The molecule has 0 aliphatic heterocycles. The van der Waals surface area contributed by atoms with Gasteiger partial charge in [-0.3, -0.25) is 4.79 Å².